The van der Waals surface area contributed by atoms with Crippen LogP contribution in [0.5, 0.6) is 0 Å². The van der Waals surface area contributed by atoms with Crippen molar-refractivity contribution in [1.29, 1.82) is 0 Å². The van der Waals surface area contributed by atoms with Crippen LogP contribution in [0.25, 0.3) is 10.9 Å². The topological polar surface area (TPSA) is 66.8 Å². The molecule has 7 heteroatoms. The monoisotopic (exact) mass is 395 g/mol. The summed E-state index contributed by atoms with van der Waals surface area (Å²) in [7, 11) is 0. The first-order valence-electron chi connectivity index (χ1n) is 7.84. The summed E-state index contributed by atoms with van der Waals surface area (Å²) in [6.45, 7) is 3.95. The Bertz CT molecular complexity index is 785. The van der Waals surface area contributed by atoms with E-state index in [2.05, 4.69) is 41.4 Å². The molecule has 1 aliphatic rings. The van der Waals surface area contributed by atoms with Gasteiger partial charge in [0.05, 0.1) is 11.4 Å². The molecule has 2 heterocycles. The second kappa shape index (κ2) is 6.94. The minimum Gasteiger partial charge on any atom is -0.347 e. The molecule has 3 rings (SSSR count). The van der Waals surface area contributed by atoms with Crippen molar-refractivity contribution in [2.45, 2.75) is 44.0 Å². The fraction of sp³-hybridized carbons (Fsp3) is 0.412. The number of para-hydroxylation sites is 1. The van der Waals surface area contributed by atoms with Gasteiger partial charge in [-0.05, 0) is 24.0 Å². The van der Waals surface area contributed by atoms with Crippen molar-refractivity contribution >= 4 is 38.8 Å². The van der Waals surface area contributed by atoms with E-state index in [1.807, 2.05) is 25.3 Å². The predicted molar refractivity (Wildman–Crippen MR) is 90.2 cm³/mol. The summed E-state index contributed by atoms with van der Waals surface area (Å²) in [4.78, 5) is 32.1. The molecule has 0 radical (unpaired) electrons. The van der Waals surface area contributed by atoms with Crippen LogP contribution in [0.3, 0.4) is 0 Å². The Morgan fingerprint density at radius 3 is 2.88 bits per heavy atom. The van der Waals surface area contributed by atoms with Gasteiger partial charge in [-0.1, -0.05) is 41.1 Å². The summed E-state index contributed by atoms with van der Waals surface area (Å²) in [6, 6.07) is 6.11. The zero-order valence-corrected chi connectivity index (χ0v) is 15.0. The molecule has 0 spiro atoms. The van der Waals surface area contributed by atoms with Gasteiger partial charge >= 0.3 is 11.9 Å². The van der Waals surface area contributed by atoms with Crippen LogP contribution >= 0.6 is 15.9 Å². The Balaban J connectivity index is 1.93. The second-order valence-electron chi connectivity index (χ2n) is 5.78. The molecule has 2 unspecified atom stereocenters. The second-order valence-corrected chi connectivity index (χ2v) is 6.89. The lowest BCUT2D eigenvalue weighted by atomic mass is 9.94. The lowest BCUT2D eigenvalue weighted by Gasteiger charge is -2.20. The first kappa shape index (κ1) is 17.0. The average molecular weight is 396 g/mol. The summed E-state index contributed by atoms with van der Waals surface area (Å²) in [5.41, 5.74) is 3.27. The number of alkyl halides is 1. The number of benzene rings is 1. The van der Waals surface area contributed by atoms with E-state index in [1.165, 1.54) is 5.56 Å². The Hall–Kier alpha value is -1.86. The summed E-state index contributed by atoms with van der Waals surface area (Å²) < 4.78 is 2.18. The van der Waals surface area contributed by atoms with Crippen molar-refractivity contribution in [3.63, 3.8) is 0 Å². The largest absolute Gasteiger partial charge is 0.354 e. The van der Waals surface area contributed by atoms with Gasteiger partial charge in [-0.25, -0.2) is 9.59 Å². The third-order valence-corrected chi connectivity index (χ3v) is 5.21. The highest BCUT2D eigenvalue weighted by Crippen LogP contribution is 2.41. The van der Waals surface area contributed by atoms with Crippen LogP contribution in [0, 0.1) is 0 Å². The van der Waals surface area contributed by atoms with E-state index < -0.39 is 17.9 Å². The molecule has 0 bridgehead atoms. The van der Waals surface area contributed by atoms with Gasteiger partial charge in [-0.3, -0.25) is 9.78 Å². The summed E-state index contributed by atoms with van der Waals surface area (Å²) >= 11 is 3.72. The number of carbonyl (C=O) groups is 2. The van der Waals surface area contributed by atoms with Crippen molar-refractivity contribution in [1.82, 2.24) is 4.57 Å². The van der Waals surface area contributed by atoms with Crippen molar-refractivity contribution in [2.24, 2.45) is 0 Å². The maximum atomic E-state index is 12.3. The van der Waals surface area contributed by atoms with E-state index in [0.29, 0.717) is 11.2 Å². The van der Waals surface area contributed by atoms with Crippen LogP contribution in [-0.2, 0) is 30.9 Å². The van der Waals surface area contributed by atoms with E-state index in [4.69, 9.17) is 0 Å². The molecule has 2 aromatic rings. The summed E-state index contributed by atoms with van der Waals surface area (Å²) in [6.07, 6.45) is 3.55. The zero-order chi connectivity index (χ0) is 17.3. The van der Waals surface area contributed by atoms with Crippen molar-refractivity contribution in [3.05, 3.63) is 35.5 Å². The molecule has 128 valence electrons. The molecule has 0 amide bonds. The summed E-state index contributed by atoms with van der Waals surface area (Å²) in [5.74, 6) is -1.77. The van der Waals surface area contributed by atoms with Crippen LogP contribution in [0.2, 0.25) is 0 Å². The first-order chi connectivity index (χ1) is 11.5. The number of aromatic nitrogens is 1. The predicted octanol–water partition coefficient (Wildman–Crippen LogP) is 3.93. The van der Waals surface area contributed by atoms with Crippen molar-refractivity contribution < 1.29 is 24.4 Å². The van der Waals surface area contributed by atoms with Gasteiger partial charge in [0, 0.05) is 34.9 Å². The molecule has 0 saturated heterocycles. The quantitative estimate of drug-likeness (QED) is 0.435. The SMILES string of the molecule is CCC(C(=O)OOOC(C)=O)c1cn2c3c(cccc13)C(Br)CC2. The Morgan fingerprint density at radius 2 is 2.17 bits per heavy atom. The molecular formula is C17H18BrNO5. The highest BCUT2D eigenvalue weighted by molar-refractivity contribution is 9.09. The third-order valence-electron chi connectivity index (χ3n) is 4.26. The standard InChI is InChI=1S/C17H18BrNO5/c1-3-11(17(21)23-24-22-10(2)20)14-9-19-8-7-15(18)13-6-4-5-12(14)16(13)19/h4-6,9,11,15H,3,7-8H2,1-2H3. The highest BCUT2D eigenvalue weighted by atomic mass is 79.9. The maximum absolute atomic E-state index is 12.3. The van der Waals surface area contributed by atoms with E-state index in [1.54, 1.807) is 0 Å². The molecule has 0 saturated carbocycles. The van der Waals surface area contributed by atoms with Crippen LogP contribution < -0.4 is 0 Å². The Morgan fingerprint density at radius 1 is 1.38 bits per heavy atom. The number of nitrogens with zero attached hydrogens (tertiary/aromatic N) is 1. The van der Waals surface area contributed by atoms with Gasteiger partial charge < -0.3 is 4.57 Å². The minimum atomic E-state index is -0.689. The third kappa shape index (κ3) is 3.06. The van der Waals surface area contributed by atoms with E-state index in [-0.39, 0.29) is 0 Å². The number of carbonyl (C=O) groups excluding carboxylic acids is 2. The van der Waals surface area contributed by atoms with Gasteiger partial charge in [0.25, 0.3) is 0 Å². The van der Waals surface area contributed by atoms with Gasteiger partial charge in [-0.2, -0.15) is 0 Å². The zero-order valence-electron chi connectivity index (χ0n) is 13.5. The van der Waals surface area contributed by atoms with Gasteiger partial charge in [0.2, 0.25) is 0 Å². The normalized spacial score (nSPS) is 17.5. The smallest absolute Gasteiger partial charge is 0.347 e. The lowest BCUT2D eigenvalue weighted by molar-refractivity contribution is -0.459. The number of hydrogen-bond acceptors (Lipinski definition) is 5. The van der Waals surface area contributed by atoms with Crippen molar-refractivity contribution in [2.75, 3.05) is 0 Å². The minimum absolute atomic E-state index is 0.316. The molecule has 6 nitrogen and oxygen atoms in total. The number of aryl methyl sites for hydroxylation is 1. The molecule has 0 aliphatic carbocycles. The van der Waals surface area contributed by atoms with Gasteiger partial charge in [-0.15, -0.1) is 0 Å². The number of rotatable bonds is 5. The number of hydrogen-bond donors (Lipinski definition) is 0. The molecule has 0 fully saturated rings. The molecular weight excluding hydrogens is 378 g/mol. The maximum Gasteiger partial charge on any atom is 0.354 e. The van der Waals surface area contributed by atoms with Crippen molar-refractivity contribution in [3.8, 4) is 0 Å². The fourth-order valence-corrected chi connectivity index (χ4v) is 3.78. The average Bonchev–Trinajstić information content (AvgIpc) is 2.92. The first-order valence-corrected chi connectivity index (χ1v) is 8.75. The van der Waals surface area contributed by atoms with Crippen LogP contribution in [-0.4, -0.2) is 16.5 Å². The van der Waals surface area contributed by atoms with Crippen LogP contribution in [0.15, 0.2) is 24.4 Å². The Labute approximate surface area is 147 Å². The molecule has 1 aliphatic heterocycles. The van der Waals surface area contributed by atoms with E-state index >= 15 is 0 Å². The molecule has 0 N–H and O–H groups in total. The van der Waals surface area contributed by atoms with E-state index in [9.17, 15) is 9.59 Å². The van der Waals surface area contributed by atoms with Gasteiger partial charge in [0.15, 0.2) is 0 Å². The highest BCUT2D eigenvalue weighted by Gasteiger charge is 2.29. The molecule has 1 aromatic carbocycles. The lowest BCUT2D eigenvalue weighted by Crippen LogP contribution is -2.16. The molecule has 2 atom stereocenters. The Kier molecular flexibility index (Phi) is 4.91. The van der Waals surface area contributed by atoms with Crippen LogP contribution in [0.1, 0.15) is 48.6 Å². The van der Waals surface area contributed by atoms with Crippen LogP contribution in [0.4, 0.5) is 0 Å². The van der Waals surface area contributed by atoms with Gasteiger partial charge in [0.1, 0.15) is 0 Å². The fourth-order valence-electron chi connectivity index (χ4n) is 3.20. The molecule has 24 heavy (non-hydrogen) atoms. The van der Waals surface area contributed by atoms with E-state index in [0.717, 1.165) is 36.4 Å². The summed E-state index contributed by atoms with van der Waals surface area (Å²) in [5, 5.41) is 5.28. The number of halogens is 1. The molecule has 1 aromatic heterocycles.